The monoisotopic (exact) mass is 364 g/mol. The molecule has 0 saturated carbocycles. The van der Waals surface area contributed by atoms with Crippen molar-refractivity contribution in [3.05, 3.63) is 59.7 Å². The van der Waals surface area contributed by atoms with Crippen LogP contribution >= 0.6 is 0 Å². The minimum absolute atomic E-state index is 0.288. The molecule has 27 heavy (non-hydrogen) atoms. The smallest absolute Gasteiger partial charge is 0.118 e. The van der Waals surface area contributed by atoms with Crippen LogP contribution in [0.3, 0.4) is 0 Å². The molecular formula is C21H24N4O2. The lowest BCUT2D eigenvalue weighted by molar-refractivity contribution is 0.144. The normalized spacial score (nSPS) is 10.4. The maximum atomic E-state index is 9.18. The Morgan fingerprint density at radius 3 is 1.37 bits per heavy atom. The second-order valence-electron chi connectivity index (χ2n) is 6.13. The van der Waals surface area contributed by atoms with Gasteiger partial charge < -0.3 is 9.47 Å². The summed E-state index contributed by atoms with van der Waals surface area (Å²) in [4.78, 5) is 4.03. The molecule has 0 spiro atoms. The molecule has 2 rings (SSSR count). The Morgan fingerprint density at radius 2 is 1.07 bits per heavy atom. The zero-order valence-electron chi connectivity index (χ0n) is 15.8. The third-order valence-electron chi connectivity index (χ3n) is 4.12. The molecule has 0 bridgehead atoms. The van der Waals surface area contributed by atoms with Gasteiger partial charge in [0.05, 0.1) is 46.1 Å². The van der Waals surface area contributed by atoms with Crippen LogP contribution in [0.15, 0.2) is 48.5 Å². The summed E-state index contributed by atoms with van der Waals surface area (Å²) in [7, 11) is 3.27. The zero-order valence-corrected chi connectivity index (χ0v) is 15.8. The van der Waals surface area contributed by atoms with Crippen LogP contribution in [0.2, 0.25) is 0 Å². The van der Waals surface area contributed by atoms with Crippen LogP contribution in [0.5, 0.6) is 11.5 Å². The highest BCUT2D eigenvalue weighted by atomic mass is 16.5. The zero-order chi connectivity index (χ0) is 19.5. The van der Waals surface area contributed by atoms with Crippen LogP contribution in [0.1, 0.15) is 11.1 Å². The average molecular weight is 364 g/mol. The van der Waals surface area contributed by atoms with E-state index >= 15 is 0 Å². The largest absolute Gasteiger partial charge is 0.497 e. The Balaban J connectivity index is 2.04. The van der Waals surface area contributed by atoms with E-state index < -0.39 is 0 Å². The van der Waals surface area contributed by atoms with Crippen molar-refractivity contribution in [2.75, 3.05) is 34.0 Å². The molecule has 0 fully saturated rings. The van der Waals surface area contributed by atoms with Gasteiger partial charge in [0.1, 0.15) is 11.5 Å². The quantitative estimate of drug-likeness (QED) is 0.477. The molecule has 0 saturated heterocycles. The number of ether oxygens (including phenoxy) is 2. The van der Waals surface area contributed by atoms with E-state index in [4.69, 9.17) is 9.47 Å². The number of methoxy groups -OCH3 is 2. The molecule has 0 amide bonds. The van der Waals surface area contributed by atoms with Crippen molar-refractivity contribution in [1.82, 2.24) is 9.80 Å². The first kappa shape index (κ1) is 20.3. The molecule has 0 aliphatic carbocycles. The lowest BCUT2D eigenvalue weighted by Crippen LogP contribution is -2.37. The highest BCUT2D eigenvalue weighted by Crippen LogP contribution is 2.15. The first-order chi connectivity index (χ1) is 13.2. The number of benzene rings is 2. The van der Waals surface area contributed by atoms with Crippen molar-refractivity contribution in [2.24, 2.45) is 0 Å². The van der Waals surface area contributed by atoms with E-state index in [0.29, 0.717) is 19.8 Å². The second-order valence-corrected chi connectivity index (χ2v) is 6.13. The van der Waals surface area contributed by atoms with E-state index in [2.05, 4.69) is 12.1 Å². The van der Waals surface area contributed by atoms with Crippen molar-refractivity contribution in [3.8, 4) is 23.6 Å². The van der Waals surface area contributed by atoms with Gasteiger partial charge in [-0.2, -0.15) is 10.5 Å². The molecule has 6 nitrogen and oxygen atoms in total. The maximum absolute atomic E-state index is 9.18. The lowest BCUT2D eigenvalue weighted by atomic mass is 10.2. The molecule has 0 atom stereocenters. The summed E-state index contributed by atoms with van der Waals surface area (Å²) < 4.78 is 10.4. The number of hydrogen-bond acceptors (Lipinski definition) is 6. The minimum Gasteiger partial charge on any atom is -0.497 e. The minimum atomic E-state index is 0.288. The van der Waals surface area contributed by atoms with Crippen molar-refractivity contribution in [3.63, 3.8) is 0 Å². The van der Waals surface area contributed by atoms with Crippen molar-refractivity contribution in [1.29, 1.82) is 10.5 Å². The van der Waals surface area contributed by atoms with Gasteiger partial charge in [-0.05, 0) is 35.4 Å². The molecule has 0 radical (unpaired) electrons. The van der Waals surface area contributed by atoms with E-state index in [-0.39, 0.29) is 13.1 Å². The molecule has 140 valence electrons. The molecule has 0 aliphatic heterocycles. The fraction of sp³-hybridized carbons (Fsp3) is 0.333. The fourth-order valence-electron chi connectivity index (χ4n) is 2.77. The summed E-state index contributed by atoms with van der Waals surface area (Å²) in [6.07, 6.45) is 0. The van der Waals surface area contributed by atoms with E-state index in [1.165, 1.54) is 0 Å². The molecule has 0 N–H and O–H groups in total. The van der Waals surface area contributed by atoms with Crippen molar-refractivity contribution in [2.45, 2.75) is 13.1 Å². The number of rotatable bonds is 10. The van der Waals surface area contributed by atoms with Crippen LogP contribution in [0, 0.1) is 22.7 Å². The molecular weight excluding hydrogens is 340 g/mol. The van der Waals surface area contributed by atoms with Gasteiger partial charge in [0, 0.05) is 13.1 Å². The third kappa shape index (κ3) is 6.63. The second kappa shape index (κ2) is 10.8. The van der Waals surface area contributed by atoms with Crippen LogP contribution < -0.4 is 9.47 Å². The standard InChI is InChI=1S/C21H24N4O2/c1-26-20-7-3-18(4-8-20)15-24(13-11-22)17-25(14-12-23)16-19-5-9-21(27-2)10-6-19/h3-10H,13-17H2,1-2H3. The van der Waals surface area contributed by atoms with Gasteiger partial charge in [0.2, 0.25) is 0 Å². The molecule has 6 heteroatoms. The Labute approximate surface area is 160 Å². The topological polar surface area (TPSA) is 72.5 Å². The SMILES string of the molecule is COc1ccc(CN(CC#N)CN(CC#N)Cc2ccc(OC)cc2)cc1. The molecule has 0 aliphatic rings. The predicted molar refractivity (Wildman–Crippen MR) is 103 cm³/mol. The molecule has 0 heterocycles. The number of hydrogen-bond donors (Lipinski definition) is 0. The van der Waals surface area contributed by atoms with Crippen LogP contribution in [0.25, 0.3) is 0 Å². The van der Waals surface area contributed by atoms with Gasteiger partial charge in [-0.1, -0.05) is 24.3 Å². The predicted octanol–water partition coefficient (Wildman–Crippen LogP) is 3.01. The van der Waals surface area contributed by atoms with Gasteiger partial charge in [0.15, 0.2) is 0 Å². The van der Waals surface area contributed by atoms with Crippen LogP contribution in [0.4, 0.5) is 0 Å². The average Bonchev–Trinajstić information content (AvgIpc) is 2.69. The third-order valence-corrected chi connectivity index (χ3v) is 4.12. The Kier molecular flexibility index (Phi) is 8.12. The van der Waals surface area contributed by atoms with E-state index in [1.807, 2.05) is 58.3 Å². The highest BCUT2D eigenvalue weighted by molar-refractivity contribution is 5.28. The van der Waals surface area contributed by atoms with Gasteiger partial charge in [-0.15, -0.1) is 0 Å². The summed E-state index contributed by atoms with van der Waals surface area (Å²) >= 11 is 0. The van der Waals surface area contributed by atoms with E-state index in [0.717, 1.165) is 22.6 Å². The first-order valence-electron chi connectivity index (χ1n) is 8.63. The summed E-state index contributed by atoms with van der Waals surface area (Å²) in [5.74, 6) is 1.60. The number of nitrogens with zero attached hydrogens (tertiary/aromatic N) is 4. The highest BCUT2D eigenvalue weighted by Gasteiger charge is 2.13. The van der Waals surface area contributed by atoms with E-state index in [1.54, 1.807) is 14.2 Å². The molecule has 0 aromatic heterocycles. The molecule has 2 aromatic rings. The molecule has 2 aromatic carbocycles. The van der Waals surface area contributed by atoms with Gasteiger partial charge in [0.25, 0.3) is 0 Å². The summed E-state index contributed by atoms with van der Waals surface area (Å²) in [5, 5.41) is 18.4. The summed E-state index contributed by atoms with van der Waals surface area (Å²) in [6.45, 7) is 2.36. The lowest BCUT2D eigenvalue weighted by Gasteiger charge is -2.27. The van der Waals surface area contributed by atoms with Crippen molar-refractivity contribution >= 4 is 0 Å². The van der Waals surface area contributed by atoms with Crippen LogP contribution in [-0.4, -0.2) is 43.8 Å². The van der Waals surface area contributed by atoms with Crippen LogP contribution in [-0.2, 0) is 13.1 Å². The van der Waals surface area contributed by atoms with Gasteiger partial charge in [-0.25, -0.2) is 0 Å². The van der Waals surface area contributed by atoms with E-state index in [9.17, 15) is 10.5 Å². The van der Waals surface area contributed by atoms with Crippen molar-refractivity contribution < 1.29 is 9.47 Å². The fourth-order valence-corrected chi connectivity index (χ4v) is 2.77. The Hall–Kier alpha value is -3.06. The molecule has 0 unspecified atom stereocenters. The summed E-state index contributed by atoms with van der Waals surface area (Å²) in [6, 6.07) is 20.0. The Morgan fingerprint density at radius 1 is 0.704 bits per heavy atom. The maximum Gasteiger partial charge on any atom is 0.118 e. The number of nitriles is 2. The Bertz CT molecular complexity index is 708. The van der Waals surface area contributed by atoms with Gasteiger partial charge in [-0.3, -0.25) is 9.80 Å². The summed E-state index contributed by atoms with van der Waals surface area (Å²) in [5.41, 5.74) is 2.18. The first-order valence-corrected chi connectivity index (χ1v) is 8.63. The van der Waals surface area contributed by atoms with Gasteiger partial charge >= 0.3 is 0 Å².